The predicted molar refractivity (Wildman–Crippen MR) is 94.0 cm³/mol. The molecule has 0 aliphatic heterocycles. The molecule has 0 saturated heterocycles. The van der Waals surface area contributed by atoms with E-state index >= 15 is 0 Å². The lowest BCUT2D eigenvalue weighted by Crippen LogP contribution is -2.38. The van der Waals surface area contributed by atoms with Crippen molar-refractivity contribution >= 4 is 11.8 Å². The number of amides is 2. The lowest BCUT2D eigenvalue weighted by molar-refractivity contribution is -0.134. The number of nitrogens with zero attached hydrogens (tertiary/aromatic N) is 2. The van der Waals surface area contributed by atoms with E-state index in [1.54, 1.807) is 11.8 Å². The highest BCUT2D eigenvalue weighted by Crippen LogP contribution is 2.20. The Labute approximate surface area is 140 Å². The number of hydrogen-bond acceptors (Lipinski definition) is 2. The highest BCUT2D eigenvalue weighted by atomic mass is 16.2. The average molecular weight is 318 g/mol. The molecule has 0 spiro atoms. The van der Waals surface area contributed by atoms with Gasteiger partial charge in [0.15, 0.2) is 0 Å². The van der Waals surface area contributed by atoms with Gasteiger partial charge in [-0.05, 0) is 25.3 Å². The van der Waals surface area contributed by atoms with Gasteiger partial charge in [0.1, 0.15) is 0 Å². The van der Waals surface area contributed by atoms with Crippen LogP contribution in [-0.2, 0) is 9.59 Å². The molecule has 0 saturated carbocycles. The third-order valence-corrected chi connectivity index (χ3v) is 4.06. The fourth-order valence-electron chi connectivity index (χ4n) is 2.81. The maximum Gasteiger partial charge on any atom is 0.224 e. The summed E-state index contributed by atoms with van der Waals surface area (Å²) in [5.41, 5.74) is 1.09. The van der Waals surface area contributed by atoms with Gasteiger partial charge < -0.3 is 9.80 Å². The number of rotatable bonds is 9. The summed E-state index contributed by atoms with van der Waals surface area (Å²) in [6, 6.07) is 9.92. The average Bonchev–Trinajstić information content (AvgIpc) is 2.55. The minimum absolute atomic E-state index is 0.00619. The molecule has 2 amide bonds. The fourth-order valence-corrected chi connectivity index (χ4v) is 2.81. The van der Waals surface area contributed by atoms with E-state index in [1.165, 1.54) is 0 Å². The molecule has 1 atom stereocenters. The molecule has 0 N–H and O–H groups in total. The molecular weight excluding hydrogens is 288 g/mol. The molecule has 1 aromatic carbocycles. The summed E-state index contributed by atoms with van der Waals surface area (Å²) in [6.07, 6.45) is 2.31. The van der Waals surface area contributed by atoms with Gasteiger partial charge in [-0.1, -0.05) is 44.2 Å². The topological polar surface area (TPSA) is 40.6 Å². The van der Waals surface area contributed by atoms with Crippen LogP contribution in [0.5, 0.6) is 0 Å². The number of benzene rings is 1. The van der Waals surface area contributed by atoms with E-state index in [4.69, 9.17) is 0 Å². The molecule has 4 nitrogen and oxygen atoms in total. The van der Waals surface area contributed by atoms with Crippen molar-refractivity contribution in [3.05, 3.63) is 35.9 Å². The third-order valence-electron chi connectivity index (χ3n) is 4.06. The molecule has 0 heterocycles. The van der Waals surface area contributed by atoms with Crippen molar-refractivity contribution < 1.29 is 9.59 Å². The summed E-state index contributed by atoms with van der Waals surface area (Å²) in [5, 5.41) is 0. The molecule has 23 heavy (non-hydrogen) atoms. The SMILES string of the molecule is CCCN(CCC)C(=O)CCN(C(C)=O)C(C)c1ccccc1. The zero-order valence-electron chi connectivity index (χ0n) is 14.9. The van der Waals surface area contributed by atoms with Crippen molar-refractivity contribution in [2.75, 3.05) is 19.6 Å². The summed E-state index contributed by atoms with van der Waals surface area (Å²) in [7, 11) is 0. The molecule has 1 aromatic rings. The highest BCUT2D eigenvalue weighted by Gasteiger charge is 2.20. The zero-order valence-corrected chi connectivity index (χ0v) is 14.9. The summed E-state index contributed by atoms with van der Waals surface area (Å²) in [4.78, 5) is 28.1. The molecule has 4 heteroatoms. The summed E-state index contributed by atoms with van der Waals surface area (Å²) < 4.78 is 0. The molecule has 0 bridgehead atoms. The summed E-state index contributed by atoms with van der Waals surface area (Å²) in [5.74, 6) is 0.145. The zero-order chi connectivity index (χ0) is 17.2. The molecule has 1 unspecified atom stereocenters. The van der Waals surface area contributed by atoms with Gasteiger partial charge in [0, 0.05) is 33.0 Å². The fraction of sp³-hybridized carbons (Fsp3) is 0.579. The van der Waals surface area contributed by atoms with E-state index in [9.17, 15) is 9.59 Å². The summed E-state index contributed by atoms with van der Waals surface area (Å²) >= 11 is 0. The lowest BCUT2D eigenvalue weighted by atomic mass is 10.1. The van der Waals surface area contributed by atoms with Gasteiger partial charge >= 0.3 is 0 Å². The Morgan fingerprint density at radius 2 is 1.57 bits per heavy atom. The van der Waals surface area contributed by atoms with Gasteiger partial charge in [-0.2, -0.15) is 0 Å². The maximum absolute atomic E-state index is 12.4. The molecule has 128 valence electrons. The molecule has 0 radical (unpaired) electrons. The monoisotopic (exact) mass is 318 g/mol. The Kier molecular flexibility index (Phi) is 8.38. The van der Waals surface area contributed by atoms with Crippen molar-refractivity contribution in [1.82, 2.24) is 9.80 Å². The van der Waals surface area contributed by atoms with Crippen molar-refractivity contribution in [2.45, 2.75) is 53.0 Å². The van der Waals surface area contributed by atoms with Crippen LogP contribution in [0.15, 0.2) is 30.3 Å². The first kappa shape index (κ1) is 19.2. The van der Waals surface area contributed by atoms with Crippen LogP contribution in [0.1, 0.15) is 58.6 Å². The lowest BCUT2D eigenvalue weighted by Gasteiger charge is -2.30. The van der Waals surface area contributed by atoms with E-state index in [-0.39, 0.29) is 17.9 Å². The van der Waals surface area contributed by atoms with Crippen molar-refractivity contribution in [3.8, 4) is 0 Å². The molecule has 1 rings (SSSR count). The van der Waals surface area contributed by atoms with E-state index in [0.29, 0.717) is 13.0 Å². The second kappa shape index (κ2) is 10.0. The predicted octanol–water partition coefficient (Wildman–Crippen LogP) is 3.63. The molecular formula is C19H30N2O2. The summed E-state index contributed by atoms with van der Waals surface area (Å²) in [6.45, 7) is 9.79. The van der Waals surface area contributed by atoms with E-state index < -0.39 is 0 Å². The van der Waals surface area contributed by atoms with Gasteiger partial charge in [-0.3, -0.25) is 9.59 Å². The second-order valence-corrected chi connectivity index (χ2v) is 5.93. The second-order valence-electron chi connectivity index (χ2n) is 5.93. The van der Waals surface area contributed by atoms with Crippen LogP contribution in [0, 0.1) is 0 Å². The minimum atomic E-state index is -0.0210. The number of carbonyl (C=O) groups is 2. The quantitative estimate of drug-likeness (QED) is 0.697. The van der Waals surface area contributed by atoms with Crippen molar-refractivity contribution in [3.63, 3.8) is 0 Å². The van der Waals surface area contributed by atoms with E-state index in [1.807, 2.05) is 42.2 Å². The minimum Gasteiger partial charge on any atom is -0.343 e. The van der Waals surface area contributed by atoms with Crippen LogP contribution >= 0.6 is 0 Å². The van der Waals surface area contributed by atoms with E-state index in [0.717, 1.165) is 31.5 Å². The Balaban J connectivity index is 2.69. The first-order chi connectivity index (χ1) is 11.0. The van der Waals surface area contributed by atoms with Crippen LogP contribution in [0.3, 0.4) is 0 Å². The Morgan fingerprint density at radius 1 is 1.00 bits per heavy atom. The Hall–Kier alpha value is -1.84. The van der Waals surface area contributed by atoms with Crippen LogP contribution in [0.4, 0.5) is 0 Å². The number of hydrogen-bond donors (Lipinski definition) is 0. The first-order valence-electron chi connectivity index (χ1n) is 8.61. The molecule has 0 fully saturated rings. The number of carbonyl (C=O) groups excluding carboxylic acids is 2. The first-order valence-corrected chi connectivity index (χ1v) is 8.61. The Bertz CT molecular complexity index is 481. The van der Waals surface area contributed by atoms with Gasteiger partial charge in [-0.15, -0.1) is 0 Å². The third kappa shape index (κ3) is 6.05. The highest BCUT2D eigenvalue weighted by molar-refractivity contribution is 5.78. The van der Waals surface area contributed by atoms with Crippen molar-refractivity contribution in [1.29, 1.82) is 0 Å². The normalized spacial score (nSPS) is 11.8. The van der Waals surface area contributed by atoms with Crippen molar-refractivity contribution in [2.24, 2.45) is 0 Å². The van der Waals surface area contributed by atoms with Gasteiger partial charge in [-0.25, -0.2) is 0 Å². The van der Waals surface area contributed by atoms with Crippen LogP contribution in [0.25, 0.3) is 0 Å². The van der Waals surface area contributed by atoms with Gasteiger partial charge in [0.25, 0.3) is 0 Å². The molecule has 0 aliphatic rings. The maximum atomic E-state index is 12.4. The molecule has 0 aromatic heterocycles. The smallest absolute Gasteiger partial charge is 0.224 e. The Morgan fingerprint density at radius 3 is 2.04 bits per heavy atom. The van der Waals surface area contributed by atoms with Crippen LogP contribution in [0.2, 0.25) is 0 Å². The van der Waals surface area contributed by atoms with Crippen LogP contribution < -0.4 is 0 Å². The largest absolute Gasteiger partial charge is 0.343 e. The van der Waals surface area contributed by atoms with Gasteiger partial charge in [0.2, 0.25) is 11.8 Å². The van der Waals surface area contributed by atoms with Gasteiger partial charge in [0.05, 0.1) is 6.04 Å². The van der Waals surface area contributed by atoms with E-state index in [2.05, 4.69) is 13.8 Å². The van der Waals surface area contributed by atoms with Crippen LogP contribution in [-0.4, -0.2) is 41.2 Å². The standard InChI is InChI=1S/C19H30N2O2/c1-5-13-20(14-6-2)19(23)12-15-21(17(4)22)16(3)18-10-8-7-9-11-18/h7-11,16H,5-6,12-15H2,1-4H3. The molecule has 0 aliphatic carbocycles.